The molecule has 0 aliphatic heterocycles. The fourth-order valence-corrected chi connectivity index (χ4v) is 1.88. The summed E-state index contributed by atoms with van der Waals surface area (Å²) in [6, 6.07) is 18.5. The molecule has 0 saturated heterocycles. The van der Waals surface area contributed by atoms with E-state index in [0.29, 0.717) is 0 Å². The molecule has 1 N–H and O–H groups in total. The lowest BCUT2D eigenvalue weighted by Gasteiger charge is -1.96. The Morgan fingerprint density at radius 3 is 2.05 bits per heavy atom. The summed E-state index contributed by atoms with van der Waals surface area (Å²) in [5.74, 6) is 1.02. The Morgan fingerprint density at radius 1 is 0.800 bits per heavy atom. The number of H-pyrrole nitrogens is 1. The lowest BCUT2D eigenvalue weighted by Crippen LogP contribution is -1.89. The molecule has 0 bridgehead atoms. The topological polar surface area (TPSA) is 28.7 Å². The van der Waals surface area contributed by atoms with Gasteiger partial charge in [0.05, 0.1) is 11.0 Å². The van der Waals surface area contributed by atoms with Crippen molar-refractivity contribution in [2.24, 2.45) is 0 Å². The average Bonchev–Trinajstić information content (AvgIpc) is 2.94. The Hall–Kier alpha value is -2.09. The summed E-state index contributed by atoms with van der Waals surface area (Å²) in [5.41, 5.74) is 3.42. The molecule has 0 unspecified atom stereocenters. The molecule has 0 amide bonds. The highest BCUT2D eigenvalue weighted by Gasteiger charge is 2.02. The maximum Gasteiger partial charge on any atom is 0.111 e. The standard InChI is InChI=1S/C14H12N2.2C2H6/c1-2-6-11(7-3-1)10-14-15-12-8-4-5-9-13(12)16-14;2*1-2/h1-9H,10H2,(H,15,16);2*1-2H3. The first-order valence-electron chi connectivity index (χ1n) is 7.39. The van der Waals surface area contributed by atoms with Crippen LogP contribution in [-0.4, -0.2) is 9.97 Å². The third-order valence-corrected chi connectivity index (χ3v) is 2.65. The molecule has 0 radical (unpaired) electrons. The van der Waals surface area contributed by atoms with Crippen molar-refractivity contribution in [1.29, 1.82) is 0 Å². The van der Waals surface area contributed by atoms with Crippen LogP contribution in [0.3, 0.4) is 0 Å². The van der Waals surface area contributed by atoms with Gasteiger partial charge < -0.3 is 4.98 Å². The van der Waals surface area contributed by atoms with Crippen molar-refractivity contribution >= 4 is 11.0 Å². The van der Waals surface area contributed by atoms with E-state index in [0.717, 1.165) is 23.3 Å². The molecule has 0 saturated carbocycles. The predicted octanol–water partition coefficient (Wildman–Crippen LogP) is 5.21. The molecule has 106 valence electrons. The molecule has 20 heavy (non-hydrogen) atoms. The summed E-state index contributed by atoms with van der Waals surface area (Å²) in [6.45, 7) is 8.00. The van der Waals surface area contributed by atoms with E-state index in [1.54, 1.807) is 0 Å². The van der Waals surface area contributed by atoms with Crippen LogP contribution >= 0.6 is 0 Å². The maximum absolute atomic E-state index is 4.55. The summed E-state index contributed by atoms with van der Waals surface area (Å²) < 4.78 is 0. The van der Waals surface area contributed by atoms with Crippen molar-refractivity contribution in [3.8, 4) is 0 Å². The van der Waals surface area contributed by atoms with E-state index >= 15 is 0 Å². The summed E-state index contributed by atoms with van der Waals surface area (Å²) in [4.78, 5) is 7.89. The highest BCUT2D eigenvalue weighted by molar-refractivity contribution is 5.74. The Bertz CT molecular complexity index is 564. The molecule has 1 heterocycles. The van der Waals surface area contributed by atoms with E-state index in [2.05, 4.69) is 40.3 Å². The zero-order chi connectivity index (χ0) is 14.8. The number of fused-ring (bicyclic) bond motifs is 1. The SMILES string of the molecule is CC.CC.c1ccc(Cc2nc3ccccc3[nH]2)cc1. The van der Waals surface area contributed by atoms with E-state index < -0.39 is 0 Å². The van der Waals surface area contributed by atoms with E-state index in [1.165, 1.54) is 5.56 Å². The van der Waals surface area contributed by atoms with Gasteiger partial charge in [0.25, 0.3) is 0 Å². The molecule has 0 aliphatic rings. The second-order valence-corrected chi connectivity index (χ2v) is 3.86. The summed E-state index contributed by atoms with van der Waals surface area (Å²) in [5, 5.41) is 0. The van der Waals surface area contributed by atoms with Gasteiger partial charge in [-0.3, -0.25) is 0 Å². The Labute approximate surface area is 121 Å². The van der Waals surface area contributed by atoms with Crippen LogP contribution in [0.4, 0.5) is 0 Å². The lowest BCUT2D eigenvalue weighted by atomic mass is 10.1. The first kappa shape index (κ1) is 16.0. The number of imidazole rings is 1. The Balaban J connectivity index is 0.000000461. The highest BCUT2D eigenvalue weighted by Crippen LogP contribution is 2.13. The number of hydrogen-bond donors (Lipinski definition) is 1. The largest absolute Gasteiger partial charge is 0.342 e. The molecular weight excluding hydrogens is 244 g/mol. The molecule has 0 spiro atoms. The smallest absolute Gasteiger partial charge is 0.111 e. The minimum atomic E-state index is 0.857. The monoisotopic (exact) mass is 268 g/mol. The van der Waals surface area contributed by atoms with Gasteiger partial charge in [-0.05, 0) is 17.7 Å². The molecule has 0 atom stereocenters. The van der Waals surface area contributed by atoms with Crippen molar-refractivity contribution in [3.05, 3.63) is 66.0 Å². The van der Waals surface area contributed by atoms with Gasteiger partial charge in [-0.2, -0.15) is 0 Å². The number of nitrogens with zero attached hydrogens (tertiary/aromatic N) is 1. The fourth-order valence-electron chi connectivity index (χ4n) is 1.88. The number of aromatic amines is 1. The van der Waals surface area contributed by atoms with Crippen molar-refractivity contribution in [2.45, 2.75) is 34.1 Å². The summed E-state index contributed by atoms with van der Waals surface area (Å²) >= 11 is 0. The number of nitrogens with one attached hydrogen (secondary N) is 1. The highest BCUT2D eigenvalue weighted by atomic mass is 14.9. The Kier molecular flexibility index (Phi) is 7.12. The van der Waals surface area contributed by atoms with Crippen LogP contribution in [0.25, 0.3) is 11.0 Å². The van der Waals surface area contributed by atoms with Crippen molar-refractivity contribution in [2.75, 3.05) is 0 Å². The normalized spacial score (nSPS) is 9.20. The zero-order valence-corrected chi connectivity index (χ0v) is 12.9. The molecule has 2 aromatic carbocycles. The van der Waals surface area contributed by atoms with Gasteiger partial charge in [0.15, 0.2) is 0 Å². The molecule has 3 aromatic rings. The van der Waals surface area contributed by atoms with Crippen LogP contribution in [0.1, 0.15) is 39.1 Å². The molecule has 0 fully saturated rings. The van der Waals surface area contributed by atoms with Crippen LogP contribution in [0, 0.1) is 0 Å². The van der Waals surface area contributed by atoms with E-state index in [-0.39, 0.29) is 0 Å². The molecule has 2 heteroatoms. The first-order chi connectivity index (χ1) is 9.92. The average molecular weight is 268 g/mol. The van der Waals surface area contributed by atoms with Gasteiger partial charge in [0.2, 0.25) is 0 Å². The number of para-hydroxylation sites is 2. The zero-order valence-electron chi connectivity index (χ0n) is 12.9. The number of aromatic nitrogens is 2. The Morgan fingerprint density at radius 2 is 1.40 bits per heavy atom. The molecule has 0 aliphatic carbocycles. The van der Waals surface area contributed by atoms with E-state index in [9.17, 15) is 0 Å². The fraction of sp³-hybridized carbons (Fsp3) is 0.278. The van der Waals surface area contributed by atoms with Gasteiger partial charge >= 0.3 is 0 Å². The minimum absolute atomic E-state index is 0.857. The third kappa shape index (κ3) is 4.23. The number of hydrogen-bond acceptors (Lipinski definition) is 1. The predicted molar refractivity (Wildman–Crippen MR) is 88.0 cm³/mol. The maximum atomic E-state index is 4.55. The van der Waals surface area contributed by atoms with Gasteiger partial charge in [-0.25, -0.2) is 4.98 Å². The van der Waals surface area contributed by atoms with Gasteiger partial charge in [0, 0.05) is 6.42 Å². The van der Waals surface area contributed by atoms with Gasteiger partial charge in [-0.1, -0.05) is 70.2 Å². The summed E-state index contributed by atoms with van der Waals surface area (Å²) in [7, 11) is 0. The van der Waals surface area contributed by atoms with Crippen LogP contribution < -0.4 is 0 Å². The van der Waals surface area contributed by atoms with Crippen LogP contribution in [0.15, 0.2) is 54.6 Å². The van der Waals surface area contributed by atoms with Crippen molar-refractivity contribution in [1.82, 2.24) is 9.97 Å². The van der Waals surface area contributed by atoms with E-state index in [1.807, 2.05) is 52.0 Å². The van der Waals surface area contributed by atoms with Crippen LogP contribution in [-0.2, 0) is 6.42 Å². The van der Waals surface area contributed by atoms with Gasteiger partial charge in [0.1, 0.15) is 5.82 Å². The molecule has 1 aromatic heterocycles. The lowest BCUT2D eigenvalue weighted by molar-refractivity contribution is 1.04. The quantitative estimate of drug-likeness (QED) is 0.679. The molecular formula is C18H24N2. The summed E-state index contributed by atoms with van der Waals surface area (Å²) in [6.07, 6.45) is 0.857. The first-order valence-corrected chi connectivity index (χ1v) is 7.39. The van der Waals surface area contributed by atoms with Crippen LogP contribution in [0.2, 0.25) is 0 Å². The third-order valence-electron chi connectivity index (χ3n) is 2.65. The van der Waals surface area contributed by atoms with Gasteiger partial charge in [-0.15, -0.1) is 0 Å². The van der Waals surface area contributed by atoms with E-state index in [4.69, 9.17) is 0 Å². The minimum Gasteiger partial charge on any atom is -0.342 e. The second kappa shape index (κ2) is 8.92. The number of rotatable bonds is 2. The molecule has 2 nitrogen and oxygen atoms in total. The molecule has 3 rings (SSSR count). The van der Waals surface area contributed by atoms with Crippen molar-refractivity contribution in [3.63, 3.8) is 0 Å². The van der Waals surface area contributed by atoms with Crippen molar-refractivity contribution < 1.29 is 0 Å². The van der Waals surface area contributed by atoms with Crippen LogP contribution in [0.5, 0.6) is 0 Å². The number of benzene rings is 2. The second-order valence-electron chi connectivity index (χ2n) is 3.86.